The summed E-state index contributed by atoms with van der Waals surface area (Å²) in [7, 11) is 4.95. The Morgan fingerprint density at radius 2 is 1.92 bits per heavy atom. The van der Waals surface area contributed by atoms with Crippen LogP contribution in [-0.2, 0) is 7.05 Å². The summed E-state index contributed by atoms with van der Waals surface area (Å²) in [5, 5.41) is 13.2. The van der Waals surface area contributed by atoms with Gasteiger partial charge in [-0.3, -0.25) is 4.79 Å². The van der Waals surface area contributed by atoms with Gasteiger partial charge in [0.05, 0.1) is 20.3 Å². The molecule has 1 atom stereocenters. The minimum Gasteiger partial charge on any atom is -0.493 e. The van der Waals surface area contributed by atoms with Crippen molar-refractivity contribution >= 4 is 16.8 Å². The van der Waals surface area contributed by atoms with E-state index in [9.17, 15) is 10.1 Å². The number of carbonyl (C=O) groups excluding carboxylic acids is 1. The van der Waals surface area contributed by atoms with E-state index in [1.165, 1.54) is 14.2 Å². The third-order valence-corrected chi connectivity index (χ3v) is 4.32. The van der Waals surface area contributed by atoms with Gasteiger partial charge in [-0.25, -0.2) is 0 Å². The summed E-state index contributed by atoms with van der Waals surface area (Å²) < 4.78 is 12.6. The first-order valence-corrected chi connectivity index (χ1v) is 8.06. The molecule has 0 aliphatic carbocycles. The number of ether oxygens (including phenoxy) is 2. The number of para-hydroxylation sites is 1. The van der Waals surface area contributed by atoms with Gasteiger partial charge in [-0.05, 0) is 24.3 Å². The van der Waals surface area contributed by atoms with Gasteiger partial charge >= 0.3 is 0 Å². The Morgan fingerprint density at radius 3 is 2.62 bits per heavy atom. The Hall–Kier alpha value is -3.46. The second-order valence-corrected chi connectivity index (χ2v) is 5.78. The molecule has 1 amide bonds. The van der Waals surface area contributed by atoms with E-state index in [-0.39, 0.29) is 5.91 Å². The van der Waals surface area contributed by atoms with E-state index in [0.29, 0.717) is 22.6 Å². The van der Waals surface area contributed by atoms with Gasteiger partial charge in [-0.2, -0.15) is 5.26 Å². The highest BCUT2D eigenvalue weighted by atomic mass is 16.5. The maximum atomic E-state index is 12.8. The molecule has 0 saturated heterocycles. The SMILES string of the molecule is COc1cccc([C@@H](C#N)NC(=O)c2cccc3c2ccn3C)c1OC. The molecule has 3 aromatic rings. The lowest BCUT2D eigenvalue weighted by atomic mass is 10.0. The zero-order chi connectivity index (χ0) is 18.7. The second-order valence-electron chi connectivity index (χ2n) is 5.78. The zero-order valence-corrected chi connectivity index (χ0v) is 14.8. The highest BCUT2D eigenvalue weighted by Crippen LogP contribution is 2.34. The van der Waals surface area contributed by atoms with Crippen molar-refractivity contribution < 1.29 is 14.3 Å². The lowest BCUT2D eigenvalue weighted by molar-refractivity contribution is 0.0946. The normalized spacial score (nSPS) is 11.6. The van der Waals surface area contributed by atoms with Crippen LogP contribution in [0, 0.1) is 11.3 Å². The average Bonchev–Trinajstić information content (AvgIpc) is 3.06. The number of rotatable bonds is 5. The van der Waals surface area contributed by atoms with Crippen molar-refractivity contribution in [3.63, 3.8) is 0 Å². The molecule has 0 aliphatic rings. The molecule has 0 fully saturated rings. The largest absolute Gasteiger partial charge is 0.493 e. The molecule has 132 valence electrons. The summed E-state index contributed by atoms with van der Waals surface area (Å²) in [5.74, 6) is 0.614. The molecule has 0 radical (unpaired) electrons. The first-order chi connectivity index (χ1) is 12.6. The van der Waals surface area contributed by atoms with Crippen molar-refractivity contribution in [2.24, 2.45) is 7.05 Å². The number of nitrogens with zero attached hydrogens (tertiary/aromatic N) is 2. The molecule has 2 aromatic carbocycles. The van der Waals surface area contributed by atoms with Crippen LogP contribution in [0.25, 0.3) is 10.9 Å². The molecular formula is C20H19N3O3. The van der Waals surface area contributed by atoms with Gasteiger partial charge in [0.15, 0.2) is 11.5 Å². The van der Waals surface area contributed by atoms with Gasteiger partial charge in [-0.15, -0.1) is 0 Å². The van der Waals surface area contributed by atoms with Crippen LogP contribution in [0.4, 0.5) is 0 Å². The number of nitrogens with one attached hydrogen (secondary N) is 1. The monoisotopic (exact) mass is 349 g/mol. The van der Waals surface area contributed by atoms with E-state index in [1.54, 1.807) is 24.3 Å². The Kier molecular flexibility index (Phi) is 4.81. The van der Waals surface area contributed by atoms with E-state index >= 15 is 0 Å². The van der Waals surface area contributed by atoms with Gasteiger partial charge in [0.2, 0.25) is 0 Å². The Labute approximate surface area is 151 Å². The summed E-state index contributed by atoms with van der Waals surface area (Å²) in [6.07, 6.45) is 1.90. The highest BCUT2D eigenvalue weighted by molar-refractivity contribution is 6.06. The molecule has 6 heteroatoms. The number of methoxy groups -OCH3 is 2. The van der Waals surface area contributed by atoms with Crippen LogP contribution in [0.2, 0.25) is 0 Å². The van der Waals surface area contributed by atoms with Gasteiger partial charge in [0.1, 0.15) is 6.04 Å². The van der Waals surface area contributed by atoms with Crippen molar-refractivity contribution in [3.05, 3.63) is 59.8 Å². The fourth-order valence-electron chi connectivity index (χ4n) is 3.03. The molecule has 3 rings (SSSR count). The predicted molar refractivity (Wildman–Crippen MR) is 98.3 cm³/mol. The summed E-state index contributed by atoms with van der Waals surface area (Å²) >= 11 is 0. The van der Waals surface area contributed by atoms with Crippen LogP contribution in [0.15, 0.2) is 48.7 Å². The molecule has 1 aromatic heterocycles. The molecule has 1 heterocycles. The Morgan fingerprint density at radius 1 is 1.15 bits per heavy atom. The maximum Gasteiger partial charge on any atom is 0.253 e. The van der Waals surface area contributed by atoms with Crippen LogP contribution in [0.5, 0.6) is 11.5 Å². The van der Waals surface area contributed by atoms with Crippen LogP contribution in [0.3, 0.4) is 0 Å². The smallest absolute Gasteiger partial charge is 0.253 e. The number of benzene rings is 2. The fraction of sp³-hybridized carbons (Fsp3) is 0.200. The van der Waals surface area contributed by atoms with Crippen molar-refractivity contribution in [3.8, 4) is 17.6 Å². The average molecular weight is 349 g/mol. The van der Waals surface area contributed by atoms with E-state index in [2.05, 4.69) is 11.4 Å². The molecule has 0 spiro atoms. The van der Waals surface area contributed by atoms with Crippen LogP contribution < -0.4 is 14.8 Å². The lowest BCUT2D eigenvalue weighted by Gasteiger charge is -2.17. The molecule has 6 nitrogen and oxygen atoms in total. The molecule has 0 bridgehead atoms. The summed E-state index contributed by atoms with van der Waals surface area (Å²) in [5.41, 5.74) is 2.01. The van der Waals surface area contributed by atoms with E-state index < -0.39 is 6.04 Å². The van der Waals surface area contributed by atoms with E-state index in [4.69, 9.17) is 9.47 Å². The van der Waals surface area contributed by atoms with Gasteiger partial charge in [0.25, 0.3) is 5.91 Å². The molecule has 0 saturated carbocycles. The van der Waals surface area contributed by atoms with Crippen molar-refractivity contribution in [2.45, 2.75) is 6.04 Å². The number of aryl methyl sites for hydroxylation is 1. The van der Waals surface area contributed by atoms with Crippen LogP contribution >= 0.6 is 0 Å². The summed E-state index contributed by atoms with van der Waals surface area (Å²) in [6, 6.07) is 13.9. The van der Waals surface area contributed by atoms with E-state index in [0.717, 1.165) is 10.9 Å². The Bertz CT molecular complexity index is 1000. The first-order valence-electron chi connectivity index (χ1n) is 8.06. The zero-order valence-electron chi connectivity index (χ0n) is 14.8. The van der Waals surface area contributed by atoms with Gasteiger partial charge in [-0.1, -0.05) is 18.2 Å². The standard InChI is InChI=1S/C20H19N3O3/c1-23-11-10-13-14(6-4-8-17(13)23)20(24)22-16(12-21)15-7-5-9-18(25-2)19(15)26-3/h4-11,16H,1-3H3,(H,22,24)/t16-/m1/s1. The van der Waals surface area contributed by atoms with Crippen molar-refractivity contribution in [2.75, 3.05) is 14.2 Å². The third-order valence-electron chi connectivity index (χ3n) is 4.32. The number of hydrogen-bond donors (Lipinski definition) is 1. The molecule has 1 N–H and O–H groups in total. The number of hydrogen-bond acceptors (Lipinski definition) is 4. The van der Waals surface area contributed by atoms with Gasteiger partial charge < -0.3 is 19.4 Å². The molecule has 0 aliphatic heterocycles. The quantitative estimate of drug-likeness (QED) is 0.767. The summed E-state index contributed by atoms with van der Waals surface area (Å²) in [4.78, 5) is 12.8. The van der Waals surface area contributed by atoms with Crippen molar-refractivity contribution in [1.82, 2.24) is 9.88 Å². The molecular weight excluding hydrogens is 330 g/mol. The van der Waals surface area contributed by atoms with Crippen molar-refractivity contribution in [1.29, 1.82) is 5.26 Å². The minimum absolute atomic E-state index is 0.321. The summed E-state index contributed by atoms with van der Waals surface area (Å²) in [6.45, 7) is 0. The topological polar surface area (TPSA) is 76.3 Å². The minimum atomic E-state index is -0.869. The lowest BCUT2D eigenvalue weighted by Crippen LogP contribution is -2.28. The maximum absolute atomic E-state index is 12.8. The fourth-order valence-corrected chi connectivity index (χ4v) is 3.03. The number of aromatic nitrogens is 1. The van der Waals surface area contributed by atoms with E-state index in [1.807, 2.05) is 36.0 Å². The highest BCUT2D eigenvalue weighted by Gasteiger charge is 2.22. The predicted octanol–water partition coefficient (Wildman–Crippen LogP) is 3.19. The molecule has 0 unspecified atom stereocenters. The second kappa shape index (κ2) is 7.19. The Balaban J connectivity index is 1.96. The van der Waals surface area contributed by atoms with Crippen LogP contribution in [-0.4, -0.2) is 24.7 Å². The third kappa shape index (κ3) is 2.95. The number of carbonyl (C=O) groups is 1. The number of amides is 1. The number of nitriles is 1. The first kappa shape index (κ1) is 17.4. The molecule has 26 heavy (non-hydrogen) atoms. The van der Waals surface area contributed by atoms with Crippen LogP contribution in [0.1, 0.15) is 22.0 Å². The number of fused-ring (bicyclic) bond motifs is 1. The van der Waals surface area contributed by atoms with Gasteiger partial charge in [0, 0.05) is 35.3 Å².